The lowest BCUT2D eigenvalue weighted by atomic mass is 10.1. The molecule has 3 rings (SSSR count). The maximum absolute atomic E-state index is 13.5. The summed E-state index contributed by atoms with van der Waals surface area (Å²) in [5.41, 5.74) is 2.29. The molecule has 1 saturated heterocycles. The van der Waals surface area contributed by atoms with E-state index >= 15 is 0 Å². The normalized spacial score (nSPS) is 14.9. The number of aromatic nitrogens is 1. The van der Waals surface area contributed by atoms with Crippen LogP contribution in [0.5, 0.6) is 0 Å². The second-order valence-corrected chi connectivity index (χ2v) is 8.14. The van der Waals surface area contributed by atoms with E-state index in [4.69, 9.17) is 4.52 Å². The molecule has 1 fully saturated rings. The molecule has 0 radical (unpaired) electrons. The van der Waals surface area contributed by atoms with Crippen LogP contribution in [0.4, 0.5) is 15.1 Å². The third kappa shape index (κ3) is 5.30. The number of amides is 2. The molecule has 1 aromatic heterocycles. The van der Waals surface area contributed by atoms with Crippen LogP contribution in [0.1, 0.15) is 32.8 Å². The van der Waals surface area contributed by atoms with E-state index in [0.29, 0.717) is 24.7 Å². The van der Waals surface area contributed by atoms with Crippen LogP contribution in [0, 0.1) is 5.82 Å². The van der Waals surface area contributed by atoms with Crippen LogP contribution in [0.3, 0.4) is 0 Å². The summed E-state index contributed by atoms with van der Waals surface area (Å²) in [7, 11) is 2.10. The highest BCUT2D eigenvalue weighted by Crippen LogP contribution is 2.33. The number of rotatable bonds is 7. The third-order valence-corrected chi connectivity index (χ3v) is 5.22. The number of hydrogen-bond acceptors (Lipinski definition) is 5. The molecule has 0 aliphatic carbocycles. The smallest absolute Gasteiger partial charge is 0.317 e. The highest BCUT2D eigenvalue weighted by Gasteiger charge is 2.27. The number of piperazine rings is 1. The second-order valence-electron chi connectivity index (χ2n) is 8.14. The van der Waals surface area contributed by atoms with Gasteiger partial charge < -0.3 is 24.5 Å². The van der Waals surface area contributed by atoms with Crippen LogP contribution in [-0.2, 0) is 6.54 Å². The van der Waals surface area contributed by atoms with Gasteiger partial charge in [0, 0.05) is 44.3 Å². The third-order valence-electron chi connectivity index (χ3n) is 5.22. The zero-order valence-corrected chi connectivity index (χ0v) is 18.3. The minimum Gasteiger partial charge on any atom is -0.338 e. The molecule has 1 aromatic carbocycles. The number of carbonyl (C=O) groups is 1. The SMILES string of the molecule is CCCN(Cc1c(-c2ccc(F)cc2)noc1N1CCN(C)CC1)C(=O)NC(C)C. The fraction of sp³-hybridized carbons (Fsp3) is 0.545. The molecule has 2 amide bonds. The quantitative estimate of drug-likeness (QED) is 0.746. The van der Waals surface area contributed by atoms with Crippen molar-refractivity contribution >= 4 is 11.9 Å². The summed E-state index contributed by atoms with van der Waals surface area (Å²) >= 11 is 0. The maximum Gasteiger partial charge on any atom is 0.317 e. The van der Waals surface area contributed by atoms with E-state index in [2.05, 4.69) is 27.3 Å². The van der Waals surface area contributed by atoms with E-state index < -0.39 is 0 Å². The van der Waals surface area contributed by atoms with Gasteiger partial charge in [0.2, 0.25) is 5.88 Å². The van der Waals surface area contributed by atoms with Gasteiger partial charge in [0.1, 0.15) is 11.5 Å². The molecule has 164 valence electrons. The van der Waals surface area contributed by atoms with Gasteiger partial charge in [0.15, 0.2) is 0 Å². The Morgan fingerprint density at radius 3 is 2.50 bits per heavy atom. The molecule has 8 heteroatoms. The Morgan fingerprint density at radius 2 is 1.90 bits per heavy atom. The Kier molecular flexibility index (Phi) is 7.31. The molecule has 1 aliphatic heterocycles. The van der Waals surface area contributed by atoms with Crippen LogP contribution in [0.15, 0.2) is 28.8 Å². The van der Waals surface area contributed by atoms with E-state index in [1.165, 1.54) is 12.1 Å². The van der Waals surface area contributed by atoms with Gasteiger partial charge in [-0.15, -0.1) is 0 Å². The van der Waals surface area contributed by atoms with Gasteiger partial charge in [-0.05, 0) is 51.6 Å². The van der Waals surface area contributed by atoms with Crippen molar-refractivity contribution < 1.29 is 13.7 Å². The van der Waals surface area contributed by atoms with E-state index in [-0.39, 0.29) is 17.9 Å². The minimum atomic E-state index is -0.299. The van der Waals surface area contributed by atoms with Crippen molar-refractivity contribution in [2.45, 2.75) is 39.8 Å². The molecular formula is C22H32FN5O2. The number of carbonyl (C=O) groups excluding carboxylic acids is 1. The maximum atomic E-state index is 13.5. The highest BCUT2D eigenvalue weighted by atomic mass is 19.1. The molecular weight excluding hydrogens is 385 g/mol. The summed E-state index contributed by atoms with van der Waals surface area (Å²) < 4.78 is 19.3. The first kappa shape index (κ1) is 22.1. The summed E-state index contributed by atoms with van der Waals surface area (Å²) in [5.74, 6) is 0.396. The van der Waals surface area contributed by atoms with E-state index in [1.807, 2.05) is 20.8 Å². The lowest BCUT2D eigenvalue weighted by molar-refractivity contribution is 0.192. The second kappa shape index (κ2) is 9.93. The highest BCUT2D eigenvalue weighted by molar-refractivity contribution is 5.76. The van der Waals surface area contributed by atoms with E-state index in [0.717, 1.165) is 43.7 Å². The fourth-order valence-electron chi connectivity index (χ4n) is 3.59. The summed E-state index contributed by atoms with van der Waals surface area (Å²) in [6, 6.07) is 6.17. The van der Waals surface area contributed by atoms with Crippen molar-refractivity contribution in [1.82, 2.24) is 20.3 Å². The van der Waals surface area contributed by atoms with Crippen LogP contribution in [0.25, 0.3) is 11.3 Å². The molecule has 1 N–H and O–H groups in total. The monoisotopic (exact) mass is 417 g/mol. The van der Waals surface area contributed by atoms with Crippen molar-refractivity contribution in [2.75, 3.05) is 44.7 Å². The first-order valence-electron chi connectivity index (χ1n) is 10.6. The van der Waals surface area contributed by atoms with Gasteiger partial charge in [-0.3, -0.25) is 0 Å². The van der Waals surface area contributed by atoms with E-state index in [9.17, 15) is 9.18 Å². The van der Waals surface area contributed by atoms with Crippen LogP contribution < -0.4 is 10.2 Å². The molecule has 0 bridgehead atoms. The number of nitrogens with zero attached hydrogens (tertiary/aromatic N) is 4. The number of likely N-dealkylation sites (N-methyl/N-ethyl adjacent to an activating group) is 1. The molecule has 2 aromatic rings. The Morgan fingerprint density at radius 1 is 1.23 bits per heavy atom. The van der Waals surface area contributed by atoms with Crippen molar-refractivity contribution in [1.29, 1.82) is 0 Å². The van der Waals surface area contributed by atoms with Crippen LogP contribution >= 0.6 is 0 Å². The number of benzene rings is 1. The lowest BCUT2D eigenvalue weighted by Crippen LogP contribution is -2.45. The standard InChI is InChI=1S/C22H32FN5O2/c1-5-10-28(22(29)24-16(2)3)15-19-20(17-6-8-18(23)9-7-17)25-30-21(19)27-13-11-26(4)12-14-27/h6-9,16H,5,10-15H2,1-4H3,(H,24,29). The average molecular weight is 418 g/mol. The van der Waals surface area contributed by atoms with Gasteiger partial charge in [0.25, 0.3) is 0 Å². The molecule has 0 spiro atoms. The van der Waals surface area contributed by atoms with Gasteiger partial charge >= 0.3 is 6.03 Å². The van der Waals surface area contributed by atoms with Crippen molar-refractivity contribution in [3.8, 4) is 11.3 Å². The molecule has 7 nitrogen and oxygen atoms in total. The Balaban J connectivity index is 1.96. The van der Waals surface area contributed by atoms with Crippen LogP contribution in [0.2, 0.25) is 0 Å². The largest absolute Gasteiger partial charge is 0.338 e. The molecule has 0 atom stereocenters. The van der Waals surface area contributed by atoms with Crippen molar-refractivity contribution in [3.05, 3.63) is 35.6 Å². The predicted molar refractivity (Wildman–Crippen MR) is 116 cm³/mol. The van der Waals surface area contributed by atoms with Gasteiger partial charge in [-0.2, -0.15) is 0 Å². The number of anilines is 1. The number of urea groups is 1. The Labute approximate surface area is 177 Å². The predicted octanol–water partition coefficient (Wildman–Crippen LogP) is 3.56. The Bertz CT molecular complexity index is 829. The number of nitrogens with one attached hydrogen (secondary N) is 1. The zero-order chi connectivity index (χ0) is 21.7. The molecule has 30 heavy (non-hydrogen) atoms. The number of halogens is 1. The van der Waals surface area contributed by atoms with Gasteiger partial charge in [0.05, 0.1) is 12.1 Å². The first-order valence-corrected chi connectivity index (χ1v) is 10.6. The topological polar surface area (TPSA) is 64.9 Å². The zero-order valence-electron chi connectivity index (χ0n) is 18.3. The summed E-state index contributed by atoms with van der Waals surface area (Å²) in [4.78, 5) is 19.0. The van der Waals surface area contributed by atoms with Gasteiger partial charge in [-0.25, -0.2) is 9.18 Å². The van der Waals surface area contributed by atoms with Gasteiger partial charge in [-0.1, -0.05) is 12.1 Å². The fourth-order valence-corrected chi connectivity index (χ4v) is 3.59. The van der Waals surface area contributed by atoms with Crippen molar-refractivity contribution in [2.24, 2.45) is 0 Å². The summed E-state index contributed by atoms with van der Waals surface area (Å²) in [5, 5.41) is 7.31. The first-order chi connectivity index (χ1) is 14.4. The molecule has 2 heterocycles. The number of hydrogen-bond donors (Lipinski definition) is 1. The molecule has 0 saturated carbocycles. The van der Waals surface area contributed by atoms with E-state index in [1.54, 1.807) is 17.0 Å². The minimum absolute atomic E-state index is 0.0491. The van der Waals surface area contributed by atoms with Crippen LogP contribution in [-0.4, -0.2) is 66.8 Å². The van der Waals surface area contributed by atoms with Crippen molar-refractivity contribution in [3.63, 3.8) is 0 Å². The molecule has 1 aliphatic rings. The Hall–Kier alpha value is -2.61. The lowest BCUT2D eigenvalue weighted by Gasteiger charge is -2.33. The molecule has 0 unspecified atom stereocenters. The average Bonchev–Trinajstić information content (AvgIpc) is 3.12. The summed E-state index contributed by atoms with van der Waals surface area (Å²) in [6.45, 7) is 10.4. The summed E-state index contributed by atoms with van der Waals surface area (Å²) in [6.07, 6.45) is 0.840.